The van der Waals surface area contributed by atoms with Crippen molar-refractivity contribution in [2.75, 3.05) is 0 Å². The highest BCUT2D eigenvalue weighted by Crippen LogP contribution is 2.51. The van der Waals surface area contributed by atoms with Crippen molar-refractivity contribution >= 4 is 11.9 Å². The van der Waals surface area contributed by atoms with Crippen molar-refractivity contribution in [2.45, 2.75) is 60.3 Å². The first kappa shape index (κ1) is 20.2. The minimum absolute atomic E-state index is 0.290. The lowest BCUT2D eigenvalue weighted by molar-refractivity contribution is -0.163. The monoisotopic (exact) mass is 334 g/mol. The lowest BCUT2D eigenvalue weighted by Gasteiger charge is -2.43. The summed E-state index contributed by atoms with van der Waals surface area (Å²) in [5.41, 5.74) is -1.46. The first-order valence-corrected chi connectivity index (χ1v) is 8.30. The van der Waals surface area contributed by atoms with E-state index in [4.69, 9.17) is 0 Å². The van der Waals surface area contributed by atoms with E-state index in [1.807, 2.05) is 41.5 Å². The molecule has 0 fully saturated rings. The fourth-order valence-electron chi connectivity index (χ4n) is 3.78. The Morgan fingerprint density at radius 1 is 0.875 bits per heavy atom. The van der Waals surface area contributed by atoms with E-state index in [0.717, 1.165) is 0 Å². The van der Waals surface area contributed by atoms with Crippen LogP contribution in [0.25, 0.3) is 0 Å². The van der Waals surface area contributed by atoms with E-state index in [1.165, 1.54) is 0 Å². The molecule has 0 radical (unpaired) electrons. The van der Waals surface area contributed by atoms with E-state index in [2.05, 4.69) is 0 Å². The highest BCUT2D eigenvalue weighted by molar-refractivity contribution is 5.87. The van der Waals surface area contributed by atoms with Gasteiger partial charge in [0.1, 0.15) is 0 Å². The summed E-state index contributed by atoms with van der Waals surface area (Å²) in [6, 6.07) is 8.74. The molecule has 0 heterocycles. The van der Waals surface area contributed by atoms with Crippen LogP contribution in [-0.2, 0) is 9.59 Å². The number of aliphatic carboxylic acids is 2. The van der Waals surface area contributed by atoms with E-state index in [0.29, 0.717) is 18.4 Å². The Morgan fingerprint density at radius 3 is 1.58 bits per heavy atom. The van der Waals surface area contributed by atoms with Gasteiger partial charge in [-0.3, -0.25) is 9.59 Å². The van der Waals surface area contributed by atoms with Crippen LogP contribution in [-0.4, -0.2) is 22.2 Å². The maximum absolute atomic E-state index is 12.4. The van der Waals surface area contributed by atoms with E-state index in [-0.39, 0.29) is 10.8 Å². The second-order valence-electron chi connectivity index (χ2n) is 9.12. The number of hydrogen-bond acceptors (Lipinski definition) is 2. The van der Waals surface area contributed by atoms with Crippen LogP contribution < -0.4 is 0 Å². The Kier molecular flexibility index (Phi) is 5.86. The minimum atomic E-state index is -1.37. The largest absolute Gasteiger partial charge is 0.481 e. The van der Waals surface area contributed by atoms with Gasteiger partial charge in [0.2, 0.25) is 0 Å². The molecule has 24 heavy (non-hydrogen) atoms. The molecule has 1 atom stereocenters. The van der Waals surface area contributed by atoms with Crippen molar-refractivity contribution in [3.8, 4) is 0 Å². The summed E-state index contributed by atoms with van der Waals surface area (Å²) in [5.74, 6) is -3.21. The van der Waals surface area contributed by atoms with Gasteiger partial charge in [0, 0.05) is 0 Å². The highest BCUT2D eigenvalue weighted by Gasteiger charge is 2.53. The van der Waals surface area contributed by atoms with Gasteiger partial charge in [-0.15, -0.1) is 0 Å². The van der Waals surface area contributed by atoms with E-state index < -0.39 is 23.3 Å². The van der Waals surface area contributed by atoms with Gasteiger partial charge in [0.05, 0.1) is 11.3 Å². The molecule has 0 aliphatic heterocycles. The average Bonchev–Trinajstić information content (AvgIpc) is 2.35. The predicted octanol–water partition coefficient (Wildman–Crippen LogP) is 4.80. The quantitative estimate of drug-likeness (QED) is 0.783. The molecule has 0 saturated heterocycles. The van der Waals surface area contributed by atoms with Crippen LogP contribution >= 0.6 is 0 Å². The summed E-state index contributed by atoms with van der Waals surface area (Å²) in [6.45, 7) is 11.7. The topological polar surface area (TPSA) is 74.6 Å². The lowest BCUT2D eigenvalue weighted by Crippen LogP contribution is -2.46. The summed E-state index contributed by atoms with van der Waals surface area (Å²) in [7, 11) is 0. The van der Waals surface area contributed by atoms with Crippen molar-refractivity contribution in [2.24, 2.45) is 16.2 Å². The molecule has 0 spiro atoms. The molecule has 4 heteroatoms. The van der Waals surface area contributed by atoms with Crippen LogP contribution in [0.5, 0.6) is 0 Å². The molecule has 1 rings (SSSR count). The fourth-order valence-corrected chi connectivity index (χ4v) is 3.78. The van der Waals surface area contributed by atoms with Crippen molar-refractivity contribution in [3.63, 3.8) is 0 Å². The third-order valence-corrected chi connectivity index (χ3v) is 4.05. The van der Waals surface area contributed by atoms with Crippen LogP contribution in [0, 0.1) is 16.2 Å². The molecule has 0 aromatic heterocycles. The van der Waals surface area contributed by atoms with Crippen molar-refractivity contribution < 1.29 is 19.8 Å². The minimum Gasteiger partial charge on any atom is -0.481 e. The number of hydrogen-bond donors (Lipinski definition) is 2. The molecule has 134 valence electrons. The number of carboxylic acid groups (broad SMARTS) is 2. The van der Waals surface area contributed by atoms with E-state index >= 15 is 0 Å². The molecule has 4 nitrogen and oxygen atoms in total. The Hall–Kier alpha value is -1.84. The molecule has 2 N–H and O–H groups in total. The zero-order valence-corrected chi connectivity index (χ0v) is 15.6. The van der Waals surface area contributed by atoms with Gasteiger partial charge in [0.15, 0.2) is 0 Å². The second-order valence-corrected chi connectivity index (χ2v) is 9.12. The molecule has 0 aliphatic carbocycles. The Bertz CT molecular complexity index is 560. The summed E-state index contributed by atoms with van der Waals surface area (Å²) in [6.07, 6.45) is 0.580. The molecule has 0 aliphatic rings. The highest BCUT2D eigenvalue weighted by atomic mass is 16.4. The van der Waals surface area contributed by atoms with Crippen LogP contribution in [0.3, 0.4) is 0 Å². The van der Waals surface area contributed by atoms with Crippen LogP contribution in [0.2, 0.25) is 0 Å². The number of benzene rings is 1. The standard InChI is InChI=1S/C20H30O4/c1-18(2,3)12-20(17(23)24,13-19(4,5)6)15(16(21)22)14-10-8-7-9-11-14/h7-11,15H,12-13H2,1-6H3,(H,21,22)(H,23,24). The molecule has 0 saturated carbocycles. The van der Waals surface area contributed by atoms with Gasteiger partial charge in [-0.05, 0) is 29.2 Å². The van der Waals surface area contributed by atoms with Gasteiger partial charge < -0.3 is 10.2 Å². The van der Waals surface area contributed by atoms with Crippen molar-refractivity contribution in [1.29, 1.82) is 0 Å². The molecular weight excluding hydrogens is 304 g/mol. The summed E-state index contributed by atoms with van der Waals surface area (Å²) in [4.78, 5) is 24.6. The number of carboxylic acids is 2. The maximum Gasteiger partial charge on any atom is 0.312 e. The van der Waals surface area contributed by atoms with Crippen molar-refractivity contribution in [3.05, 3.63) is 35.9 Å². The fraction of sp³-hybridized carbons (Fsp3) is 0.600. The molecule has 0 amide bonds. The Labute approximate surface area is 144 Å². The zero-order chi connectivity index (χ0) is 18.8. The lowest BCUT2D eigenvalue weighted by atomic mass is 9.59. The van der Waals surface area contributed by atoms with Crippen LogP contribution in [0.15, 0.2) is 30.3 Å². The smallest absolute Gasteiger partial charge is 0.312 e. The van der Waals surface area contributed by atoms with Crippen molar-refractivity contribution in [1.82, 2.24) is 0 Å². The third kappa shape index (κ3) is 5.08. The van der Waals surface area contributed by atoms with Crippen LogP contribution in [0.4, 0.5) is 0 Å². The van der Waals surface area contributed by atoms with E-state index in [1.54, 1.807) is 30.3 Å². The van der Waals surface area contributed by atoms with Gasteiger partial charge >= 0.3 is 11.9 Å². The third-order valence-electron chi connectivity index (χ3n) is 4.05. The molecule has 1 aromatic carbocycles. The van der Waals surface area contributed by atoms with E-state index in [9.17, 15) is 19.8 Å². The predicted molar refractivity (Wildman–Crippen MR) is 95.0 cm³/mol. The number of rotatable bonds is 6. The SMILES string of the molecule is CC(C)(C)CC(CC(C)(C)C)(C(=O)O)C(C(=O)O)c1ccccc1. The van der Waals surface area contributed by atoms with Gasteiger partial charge in [0.25, 0.3) is 0 Å². The Morgan fingerprint density at radius 2 is 1.29 bits per heavy atom. The zero-order valence-electron chi connectivity index (χ0n) is 15.6. The normalized spacial score (nSPS) is 14.2. The summed E-state index contributed by atoms with van der Waals surface area (Å²) < 4.78 is 0. The maximum atomic E-state index is 12.4. The number of carbonyl (C=O) groups is 2. The first-order chi connectivity index (χ1) is 10.8. The molecule has 0 bridgehead atoms. The summed E-state index contributed by atoms with van der Waals surface area (Å²) in [5, 5.41) is 20.1. The van der Waals surface area contributed by atoms with Crippen LogP contribution in [0.1, 0.15) is 65.9 Å². The Balaban J connectivity index is 3.62. The first-order valence-electron chi connectivity index (χ1n) is 8.30. The second kappa shape index (κ2) is 6.96. The molecular formula is C20H30O4. The summed E-state index contributed by atoms with van der Waals surface area (Å²) >= 11 is 0. The average molecular weight is 334 g/mol. The van der Waals surface area contributed by atoms with Gasteiger partial charge in [-0.1, -0.05) is 71.9 Å². The molecule has 1 aromatic rings. The van der Waals surface area contributed by atoms with Gasteiger partial charge in [-0.25, -0.2) is 0 Å². The van der Waals surface area contributed by atoms with Gasteiger partial charge in [-0.2, -0.15) is 0 Å². The molecule has 1 unspecified atom stereocenters.